The third kappa shape index (κ3) is 5.43. The van der Waals surface area contributed by atoms with Crippen LogP contribution in [0.4, 0.5) is 0 Å². The topological polar surface area (TPSA) is 77.8 Å². The summed E-state index contributed by atoms with van der Waals surface area (Å²) in [5, 5.41) is 2.73. The van der Waals surface area contributed by atoms with Crippen molar-refractivity contribution in [3.8, 4) is 0 Å². The fourth-order valence-corrected chi connectivity index (χ4v) is 4.17. The van der Waals surface area contributed by atoms with Gasteiger partial charge in [0.05, 0.1) is 19.5 Å². The van der Waals surface area contributed by atoms with Crippen molar-refractivity contribution in [3.63, 3.8) is 0 Å². The first kappa shape index (κ1) is 19.2. The van der Waals surface area contributed by atoms with Crippen LogP contribution in [0.15, 0.2) is 59.2 Å². The van der Waals surface area contributed by atoms with Gasteiger partial charge in [-0.3, -0.25) is 9.36 Å². The van der Waals surface area contributed by atoms with Crippen LogP contribution in [0.1, 0.15) is 31.0 Å². The molecule has 1 amide bonds. The maximum Gasteiger partial charge on any atom is 0.357 e. The van der Waals surface area contributed by atoms with Crippen molar-refractivity contribution in [3.05, 3.63) is 66.1 Å². The first-order valence-corrected chi connectivity index (χ1v) is 9.66. The first-order valence-electron chi connectivity index (χ1n) is 8.05. The molecule has 0 aliphatic carbocycles. The minimum atomic E-state index is -3.58. The van der Waals surface area contributed by atoms with Crippen LogP contribution in [0.3, 0.4) is 0 Å². The van der Waals surface area contributed by atoms with E-state index in [0.29, 0.717) is 11.3 Å². The predicted molar refractivity (Wildman–Crippen MR) is 95.9 cm³/mol. The van der Waals surface area contributed by atoms with Gasteiger partial charge in [0, 0.05) is 6.08 Å². The molecule has 1 N–H and O–H groups in total. The number of hydrogen-bond acceptors (Lipinski definition) is 5. The molecule has 1 heterocycles. The Kier molecular flexibility index (Phi) is 7.19. The van der Waals surface area contributed by atoms with Crippen LogP contribution in [0.5, 0.6) is 0 Å². The lowest BCUT2D eigenvalue weighted by atomic mass is 10.2. The molecule has 0 aliphatic heterocycles. The van der Waals surface area contributed by atoms with Gasteiger partial charge in [0.1, 0.15) is 5.76 Å². The van der Waals surface area contributed by atoms with Gasteiger partial charge in [-0.2, -0.15) is 0 Å². The molecule has 0 aliphatic rings. The second kappa shape index (κ2) is 9.37. The average molecular weight is 363 g/mol. The third-order valence-corrected chi connectivity index (χ3v) is 5.57. The monoisotopic (exact) mass is 363 g/mol. The lowest BCUT2D eigenvalue weighted by Gasteiger charge is -2.27. The van der Waals surface area contributed by atoms with Gasteiger partial charge in [-0.15, -0.1) is 0 Å². The van der Waals surface area contributed by atoms with Gasteiger partial charge in [0.15, 0.2) is 5.78 Å². The highest BCUT2D eigenvalue weighted by atomic mass is 31.2. The van der Waals surface area contributed by atoms with E-state index in [9.17, 15) is 9.36 Å². The van der Waals surface area contributed by atoms with E-state index in [1.807, 2.05) is 6.07 Å². The summed E-state index contributed by atoms with van der Waals surface area (Å²) < 4.78 is 29.2. The summed E-state index contributed by atoms with van der Waals surface area (Å²) in [5.41, 5.74) is 0.646. The second-order valence-electron chi connectivity index (χ2n) is 5.05. The minimum Gasteiger partial charge on any atom is -0.465 e. The van der Waals surface area contributed by atoms with Crippen molar-refractivity contribution >= 4 is 19.6 Å². The number of amides is 1. The molecule has 25 heavy (non-hydrogen) atoms. The number of benzene rings is 1. The minimum absolute atomic E-state index is 0.207. The zero-order chi connectivity index (χ0) is 18.1. The molecule has 1 aromatic carbocycles. The Balaban J connectivity index is 2.25. The van der Waals surface area contributed by atoms with Crippen molar-refractivity contribution < 1.29 is 22.8 Å². The van der Waals surface area contributed by atoms with E-state index in [-0.39, 0.29) is 13.2 Å². The normalized spacial score (nSPS) is 13.0. The predicted octanol–water partition coefficient (Wildman–Crippen LogP) is 4.37. The molecule has 0 spiro atoms. The molecule has 2 aromatic rings. The Morgan fingerprint density at radius 3 is 2.40 bits per heavy atom. The third-order valence-electron chi connectivity index (χ3n) is 3.27. The summed E-state index contributed by atoms with van der Waals surface area (Å²) in [6, 6.07) is 12.4. The fraction of sp³-hybridized carbons (Fsp3) is 0.278. The number of carbonyl (C=O) groups excluding carboxylic acids is 1. The van der Waals surface area contributed by atoms with Crippen molar-refractivity contribution in [1.82, 2.24) is 5.32 Å². The van der Waals surface area contributed by atoms with E-state index in [1.54, 1.807) is 50.2 Å². The second-order valence-corrected chi connectivity index (χ2v) is 7.16. The molecule has 0 unspecified atom stereocenters. The highest BCUT2D eigenvalue weighted by Crippen LogP contribution is 2.59. The van der Waals surface area contributed by atoms with Crippen LogP contribution < -0.4 is 5.32 Å². The summed E-state index contributed by atoms with van der Waals surface area (Å²) in [5.74, 6) is -0.781. The summed E-state index contributed by atoms with van der Waals surface area (Å²) in [4.78, 5) is 12.3. The van der Waals surface area contributed by atoms with E-state index in [2.05, 4.69) is 5.32 Å². The van der Waals surface area contributed by atoms with Gasteiger partial charge in [-0.05, 0) is 37.6 Å². The fourth-order valence-electron chi connectivity index (χ4n) is 2.25. The van der Waals surface area contributed by atoms with Gasteiger partial charge in [0.25, 0.3) is 0 Å². The van der Waals surface area contributed by atoms with Crippen LogP contribution in [0, 0.1) is 0 Å². The maximum absolute atomic E-state index is 13.2. The van der Waals surface area contributed by atoms with Crippen molar-refractivity contribution in [2.45, 2.75) is 19.6 Å². The van der Waals surface area contributed by atoms with Crippen LogP contribution in [-0.4, -0.2) is 19.1 Å². The Labute approximate surface area is 147 Å². The maximum atomic E-state index is 13.2. The lowest BCUT2D eigenvalue weighted by molar-refractivity contribution is -0.116. The standard InChI is InChI=1S/C18H22NO5P/c1-3-23-25(21,24-4-2)18(15-9-6-5-7-10-15)19-17(20)13-12-16-11-8-14-22-16/h5-14,18H,3-4H2,1-2H3,(H,19,20)/b13-12-/t18-/m0/s1. The molecule has 2 rings (SSSR count). The van der Waals surface area contributed by atoms with Gasteiger partial charge in [-0.25, -0.2) is 0 Å². The first-order chi connectivity index (χ1) is 12.1. The van der Waals surface area contributed by atoms with Crippen molar-refractivity contribution in [2.75, 3.05) is 13.2 Å². The van der Waals surface area contributed by atoms with Crippen molar-refractivity contribution in [2.24, 2.45) is 0 Å². The van der Waals surface area contributed by atoms with Crippen LogP contribution >= 0.6 is 7.60 Å². The van der Waals surface area contributed by atoms with Crippen LogP contribution in [0.2, 0.25) is 0 Å². The molecule has 0 bridgehead atoms. The summed E-state index contributed by atoms with van der Waals surface area (Å²) in [6.45, 7) is 3.87. The number of rotatable bonds is 9. The van der Waals surface area contributed by atoms with Crippen molar-refractivity contribution in [1.29, 1.82) is 0 Å². The number of nitrogens with one attached hydrogen (secondary N) is 1. The largest absolute Gasteiger partial charge is 0.465 e. The molecule has 0 saturated carbocycles. The molecule has 0 saturated heterocycles. The van der Waals surface area contributed by atoms with Gasteiger partial charge in [0.2, 0.25) is 5.91 Å². The van der Waals surface area contributed by atoms with E-state index in [0.717, 1.165) is 0 Å². The molecule has 0 fully saturated rings. The Hall–Kier alpha value is -2.14. The summed E-state index contributed by atoms with van der Waals surface area (Å²) >= 11 is 0. The zero-order valence-electron chi connectivity index (χ0n) is 14.3. The quantitative estimate of drug-likeness (QED) is 0.529. The Morgan fingerprint density at radius 2 is 1.84 bits per heavy atom. The lowest BCUT2D eigenvalue weighted by Crippen LogP contribution is -2.28. The molecule has 6 nitrogen and oxygen atoms in total. The van der Waals surface area contributed by atoms with E-state index >= 15 is 0 Å². The average Bonchev–Trinajstić information content (AvgIpc) is 3.12. The molecule has 134 valence electrons. The van der Waals surface area contributed by atoms with E-state index in [4.69, 9.17) is 13.5 Å². The number of furan rings is 1. The van der Waals surface area contributed by atoms with Gasteiger partial charge >= 0.3 is 7.60 Å². The molecule has 7 heteroatoms. The van der Waals surface area contributed by atoms with Gasteiger partial charge in [-0.1, -0.05) is 30.3 Å². The number of carbonyl (C=O) groups is 1. The molecular weight excluding hydrogens is 341 g/mol. The van der Waals surface area contributed by atoms with E-state index in [1.165, 1.54) is 18.4 Å². The number of hydrogen-bond donors (Lipinski definition) is 1. The van der Waals surface area contributed by atoms with E-state index < -0.39 is 19.3 Å². The van der Waals surface area contributed by atoms with Gasteiger partial charge < -0.3 is 18.8 Å². The summed E-state index contributed by atoms with van der Waals surface area (Å²) in [6.07, 6.45) is 4.36. The molecular formula is C18H22NO5P. The molecule has 0 radical (unpaired) electrons. The Morgan fingerprint density at radius 1 is 1.16 bits per heavy atom. The molecule has 1 aromatic heterocycles. The highest BCUT2D eigenvalue weighted by Gasteiger charge is 2.37. The van der Waals surface area contributed by atoms with Crippen LogP contribution in [-0.2, 0) is 18.4 Å². The SMILES string of the molecule is CCOP(=O)(OCC)[C@H](NC(=O)/C=C\c1ccco1)c1ccccc1. The molecule has 1 atom stereocenters. The Bertz CT molecular complexity index is 717. The smallest absolute Gasteiger partial charge is 0.357 e. The highest BCUT2D eigenvalue weighted by molar-refractivity contribution is 7.54. The zero-order valence-corrected chi connectivity index (χ0v) is 15.1. The van der Waals surface area contributed by atoms with Crippen LogP contribution in [0.25, 0.3) is 6.08 Å². The summed E-state index contributed by atoms with van der Waals surface area (Å²) in [7, 11) is -3.58.